The summed E-state index contributed by atoms with van der Waals surface area (Å²) in [5, 5.41) is 2.88. The van der Waals surface area contributed by atoms with Crippen molar-refractivity contribution in [3.05, 3.63) is 71.5 Å². The third-order valence-corrected chi connectivity index (χ3v) is 4.27. The van der Waals surface area contributed by atoms with Crippen LogP contribution >= 0.6 is 7.60 Å². The molecule has 0 unspecified atom stereocenters. The Balaban J connectivity index is 2.00. The monoisotopic (exact) mass is 309 g/mol. The van der Waals surface area contributed by atoms with E-state index in [2.05, 4.69) is 5.32 Å². The van der Waals surface area contributed by atoms with Crippen LogP contribution in [0.4, 0.5) is 4.39 Å². The summed E-state index contributed by atoms with van der Waals surface area (Å²) in [5.41, 5.74) is 1.45. The molecule has 0 spiro atoms. The fourth-order valence-corrected chi connectivity index (χ4v) is 3.00. The molecule has 2 aromatic carbocycles. The SMILES string of the molecule is O=P(O)(O)[C@H](NCCc1ccc(F)cc1)c1ccccc1. The van der Waals surface area contributed by atoms with Gasteiger partial charge in [0.2, 0.25) is 0 Å². The fraction of sp³-hybridized carbons (Fsp3) is 0.200. The van der Waals surface area contributed by atoms with Crippen molar-refractivity contribution in [3.8, 4) is 0 Å². The number of hydrogen-bond donors (Lipinski definition) is 3. The van der Waals surface area contributed by atoms with Crippen LogP contribution in [0.25, 0.3) is 0 Å². The van der Waals surface area contributed by atoms with Gasteiger partial charge in [-0.15, -0.1) is 0 Å². The summed E-state index contributed by atoms with van der Waals surface area (Å²) in [4.78, 5) is 18.9. The quantitative estimate of drug-likeness (QED) is 0.718. The number of hydrogen-bond acceptors (Lipinski definition) is 2. The van der Waals surface area contributed by atoms with E-state index in [0.717, 1.165) is 5.56 Å². The number of rotatable bonds is 6. The Kier molecular flexibility index (Phi) is 5.26. The molecule has 112 valence electrons. The minimum Gasteiger partial charge on any atom is -0.323 e. The van der Waals surface area contributed by atoms with Crippen molar-refractivity contribution >= 4 is 7.60 Å². The zero-order valence-electron chi connectivity index (χ0n) is 11.3. The Morgan fingerprint density at radius 1 is 1.05 bits per heavy atom. The molecule has 0 saturated heterocycles. The zero-order chi connectivity index (χ0) is 15.3. The van der Waals surface area contributed by atoms with Gasteiger partial charge in [-0.2, -0.15) is 0 Å². The molecule has 0 heterocycles. The normalized spacial score (nSPS) is 13.1. The summed E-state index contributed by atoms with van der Waals surface area (Å²) < 4.78 is 24.4. The molecule has 0 bridgehead atoms. The van der Waals surface area contributed by atoms with Gasteiger partial charge >= 0.3 is 7.60 Å². The Labute approximate surface area is 122 Å². The van der Waals surface area contributed by atoms with Crippen molar-refractivity contribution in [1.82, 2.24) is 5.32 Å². The van der Waals surface area contributed by atoms with Gasteiger partial charge in [0.25, 0.3) is 0 Å². The van der Waals surface area contributed by atoms with Crippen LogP contribution in [0.2, 0.25) is 0 Å². The molecule has 0 aromatic heterocycles. The predicted molar refractivity (Wildman–Crippen MR) is 79.3 cm³/mol. The molecule has 0 fully saturated rings. The van der Waals surface area contributed by atoms with Gasteiger partial charge in [-0.25, -0.2) is 4.39 Å². The molecule has 0 radical (unpaired) electrons. The van der Waals surface area contributed by atoms with E-state index in [-0.39, 0.29) is 5.82 Å². The molecule has 4 nitrogen and oxygen atoms in total. The maximum atomic E-state index is 12.8. The van der Waals surface area contributed by atoms with Crippen LogP contribution in [0.3, 0.4) is 0 Å². The lowest BCUT2D eigenvalue weighted by atomic mass is 10.1. The van der Waals surface area contributed by atoms with E-state index in [1.807, 2.05) is 0 Å². The summed E-state index contributed by atoms with van der Waals surface area (Å²) >= 11 is 0. The summed E-state index contributed by atoms with van der Waals surface area (Å²) in [6.45, 7) is 0.385. The molecular weight excluding hydrogens is 292 g/mol. The van der Waals surface area contributed by atoms with E-state index in [1.165, 1.54) is 12.1 Å². The second-order valence-electron chi connectivity index (χ2n) is 4.73. The first-order chi connectivity index (χ1) is 9.97. The van der Waals surface area contributed by atoms with Crippen molar-refractivity contribution in [3.63, 3.8) is 0 Å². The van der Waals surface area contributed by atoms with Crippen molar-refractivity contribution < 1.29 is 18.7 Å². The Hall–Kier alpha value is -1.52. The van der Waals surface area contributed by atoms with Gasteiger partial charge < -0.3 is 9.79 Å². The highest BCUT2D eigenvalue weighted by atomic mass is 31.2. The van der Waals surface area contributed by atoms with Gasteiger partial charge in [0, 0.05) is 6.54 Å². The lowest BCUT2D eigenvalue weighted by Gasteiger charge is -2.20. The molecule has 0 amide bonds. The highest BCUT2D eigenvalue weighted by Gasteiger charge is 2.29. The number of benzene rings is 2. The van der Waals surface area contributed by atoms with Gasteiger partial charge in [-0.05, 0) is 29.7 Å². The smallest absolute Gasteiger partial charge is 0.323 e. The van der Waals surface area contributed by atoms with Gasteiger partial charge in [0.05, 0.1) is 0 Å². The zero-order valence-corrected chi connectivity index (χ0v) is 12.2. The molecule has 21 heavy (non-hydrogen) atoms. The van der Waals surface area contributed by atoms with E-state index in [4.69, 9.17) is 0 Å². The molecule has 0 saturated carbocycles. The largest absolute Gasteiger partial charge is 0.346 e. The topological polar surface area (TPSA) is 69.6 Å². The number of halogens is 1. The van der Waals surface area contributed by atoms with Crippen LogP contribution in [-0.4, -0.2) is 16.3 Å². The van der Waals surface area contributed by atoms with Crippen molar-refractivity contribution in [1.29, 1.82) is 0 Å². The molecule has 0 aliphatic carbocycles. The Morgan fingerprint density at radius 3 is 2.24 bits per heavy atom. The van der Waals surface area contributed by atoms with Crippen LogP contribution < -0.4 is 5.32 Å². The Morgan fingerprint density at radius 2 is 1.67 bits per heavy atom. The van der Waals surface area contributed by atoms with Crippen LogP contribution in [0.1, 0.15) is 16.9 Å². The van der Waals surface area contributed by atoms with Gasteiger partial charge in [-0.1, -0.05) is 42.5 Å². The van der Waals surface area contributed by atoms with E-state index in [1.54, 1.807) is 42.5 Å². The third kappa shape index (κ3) is 4.76. The van der Waals surface area contributed by atoms with Crippen LogP contribution in [0.5, 0.6) is 0 Å². The van der Waals surface area contributed by atoms with Crippen molar-refractivity contribution in [2.24, 2.45) is 0 Å². The maximum Gasteiger partial charge on any atom is 0.346 e. The average Bonchev–Trinajstić information content (AvgIpc) is 2.45. The minimum absolute atomic E-state index is 0.302. The first-order valence-corrected chi connectivity index (χ1v) is 8.23. The van der Waals surface area contributed by atoms with Crippen LogP contribution in [0.15, 0.2) is 54.6 Å². The first-order valence-electron chi connectivity index (χ1n) is 6.55. The van der Waals surface area contributed by atoms with Crippen LogP contribution in [-0.2, 0) is 11.0 Å². The summed E-state index contributed by atoms with van der Waals surface area (Å²) in [7, 11) is -4.30. The molecule has 2 rings (SSSR count). The molecule has 2 aromatic rings. The summed E-state index contributed by atoms with van der Waals surface area (Å²) in [6, 6.07) is 14.7. The molecule has 6 heteroatoms. The summed E-state index contributed by atoms with van der Waals surface area (Å²) in [5.74, 6) is -1.33. The highest BCUT2D eigenvalue weighted by Crippen LogP contribution is 2.49. The Bertz CT molecular complexity index is 613. The van der Waals surface area contributed by atoms with E-state index in [9.17, 15) is 18.7 Å². The molecule has 0 aliphatic heterocycles. The third-order valence-electron chi connectivity index (χ3n) is 3.12. The lowest BCUT2D eigenvalue weighted by molar-refractivity contribution is 0.348. The molecule has 0 aliphatic rings. The van der Waals surface area contributed by atoms with Crippen molar-refractivity contribution in [2.75, 3.05) is 6.54 Å². The first kappa shape index (κ1) is 15.9. The molecule has 3 N–H and O–H groups in total. The minimum atomic E-state index is -4.30. The van der Waals surface area contributed by atoms with E-state index in [0.29, 0.717) is 18.5 Å². The second-order valence-corrected chi connectivity index (χ2v) is 6.43. The van der Waals surface area contributed by atoms with Gasteiger partial charge in [0.1, 0.15) is 11.6 Å². The van der Waals surface area contributed by atoms with Crippen LogP contribution in [0, 0.1) is 5.82 Å². The maximum absolute atomic E-state index is 12.8. The standard InChI is InChI=1S/C15H17FNO3P/c16-14-8-6-12(7-9-14)10-11-17-15(21(18,19)20)13-4-2-1-3-5-13/h1-9,15,17H,10-11H2,(H2,18,19,20)/t15-/m0/s1. The van der Waals surface area contributed by atoms with E-state index < -0.39 is 13.4 Å². The van der Waals surface area contributed by atoms with Gasteiger partial charge in [-0.3, -0.25) is 9.88 Å². The fourth-order valence-electron chi connectivity index (χ4n) is 2.07. The van der Waals surface area contributed by atoms with Gasteiger partial charge in [0.15, 0.2) is 0 Å². The van der Waals surface area contributed by atoms with E-state index >= 15 is 0 Å². The van der Waals surface area contributed by atoms with Crippen molar-refractivity contribution in [2.45, 2.75) is 12.2 Å². The molecular formula is C15H17FNO3P. The molecule has 1 atom stereocenters. The second kappa shape index (κ2) is 6.96. The highest BCUT2D eigenvalue weighted by molar-refractivity contribution is 7.52. The average molecular weight is 309 g/mol. The predicted octanol–water partition coefficient (Wildman–Crippen LogP) is 2.83. The lowest BCUT2D eigenvalue weighted by Crippen LogP contribution is -2.23. The summed E-state index contributed by atoms with van der Waals surface area (Å²) in [6.07, 6.45) is 0.559. The number of nitrogens with one attached hydrogen (secondary N) is 1.